The van der Waals surface area contributed by atoms with E-state index in [0.29, 0.717) is 23.1 Å². The van der Waals surface area contributed by atoms with E-state index in [9.17, 15) is 13.2 Å². The normalized spacial score (nSPS) is 15.6. The lowest BCUT2D eigenvalue weighted by Crippen LogP contribution is -2.48. The van der Waals surface area contributed by atoms with Crippen LogP contribution in [0.4, 0.5) is 19.0 Å². The summed E-state index contributed by atoms with van der Waals surface area (Å²) < 4.78 is 40.0. The maximum absolute atomic E-state index is 12.8. The summed E-state index contributed by atoms with van der Waals surface area (Å²) >= 11 is 0. The lowest BCUT2D eigenvalue weighted by atomic mass is 9.91. The molecule has 0 bridgehead atoms. The fourth-order valence-electron chi connectivity index (χ4n) is 3.15. The van der Waals surface area contributed by atoms with Gasteiger partial charge >= 0.3 is 6.18 Å². The highest BCUT2D eigenvalue weighted by Gasteiger charge is 2.32. The lowest BCUT2D eigenvalue weighted by Gasteiger charge is -2.40. The van der Waals surface area contributed by atoms with Crippen LogP contribution in [0.25, 0.3) is 11.2 Å². The highest BCUT2D eigenvalue weighted by atomic mass is 19.4. The van der Waals surface area contributed by atoms with Crippen molar-refractivity contribution in [3.05, 3.63) is 41.7 Å². The van der Waals surface area contributed by atoms with Gasteiger partial charge in [-0.3, -0.25) is 0 Å². The van der Waals surface area contributed by atoms with Crippen molar-refractivity contribution in [3.8, 4) is 0 Å². The predicted molar refractivity (Wildman–Crippen MR) is 85.0 cm³/mol. The van der Waals surface area contributed by atoms with Crippen LogP contribution in [-0.4, -0.2) is 38.1 Å². The van der Waals surface area contributed by atoms with Gasteiger partial charge in [0.2, 0.25) is 0 Å². The van der Waals surface area contributed by atoms with Crippen LogP contribution < -0.4 is 4.90 Å². The first-order valence-corrected chi connectivity index (χ1v) is 7.83. The molecule has 2 aromatic heterocycles. The Morgan fingerprint density at radius 3 is 2.76 bits per heavy atom. The zero-order valence-electron chi connectivity index (χ0n) is 13.4. The first kappa shape index (κ1) is 15.8. The van der Waals surface area contributed by atoms with Gasteiger partial charge in [-0.2, -0.15) is 13.2 Å². The van der Waals surface area contributed by atoms with Crippen LogP contribution in [0.3, 0.4) is 0 Å². The van der Waals surface area contributed by atoms with Crippen LogP contribution in [0, 0.1) is 5.92 Å². The molecule has 130 valence electrons. The van der Waals surface area contributed by atoms with Gasteiger partial charge in [-0.15, -0.1) is 5.10 Å². The Kier molecular flexibility index (Phi) is 3.59. The zero-order valence-corrected chi connectivity index (χ0v) is 13.4. The van der Waals surface area contributed by atoms with Gasteiger partial charge < -0.3 is 4.90 Å². The van der Waals surface area contributed by atoms with Crippen LogP contribution in [0.5, 0.6) is 0 Å². The van der Waals surface area contributed by atoms with Crippen molar-refractivity contribution in [1.29, 1.82) is 0 Å². The van der Waals surface area contributed by atoms with Gasteiger partial charge in [0.05, 0.1) is 5.56 Å². The number of anilines is 1. The number of alkyl halides is 3. The van der Waals surface area contributed by atoms with Gasteiger partial charge in [0.25, 0.3) is 0 Å². The predicted octanol–water partition coefficient (Wildman–Crippen LogP) is 2.46. The quantitative estimate of drug-likeness (QED) is 0.728. The van der Waals surface area contributed by atoms with Gasteiger partial charge in [0, 0.05) is 20.1 Å². The van der Waals surface area contributed by atoms with Gasteiger partial charge in [0.15, 0.2) is 17.0 Å². The van der Waals surface area contributed by atoms with Gasteiger partial charge in [-0.1, -0.05) is 23.4 Å². The number of benzene rings is 1. The molecule has 0 radical (unpaired) electrons. The first-order chi connectivity index (χ1) is 11.9. The monoisotopic (exact) mass is 348 g/mol. The minimum atomic E-state index is -4.31. The molecule has 3 aromatic rings. The lowest BCUT2D eigenvalue weighted by molar-refractivity contribution is -0.137. The molecular formula is C16H15F3N6. The van der Waals surface area contributed by atoms with Crippen molar-refractivity contribution in [2.75, 3.05) is 18.0 Å². The molecule has 6 nitrogen and oxygen atoms in total. The number of hydrogen-bond acceptors (Lipinski definition) is 5. The number of nitrogens with zero attached hydrogens (tertiary/aromatic N) is 6. The Bertz CT molecular complexity index is 914. The summed E-state index contributed by atoms with van der Waals surface area (Å²) in [6.07, 6.45) is -2.23. The second-order valence-corrected chi connectivity index (χ2v) is 6.26. The molecule has 0 unspecified atom stereocenters. The molecule has 1 aliphatic heterocycles. The smallest absolute Gasteiger partial charge is 0.354 e. The summed E-state index contributed by atoms with van der Waals surface area (Å²) in [5.41, 5.74) is 1.40. The molecule has 1 aliphatic rings. The third kappa shape index (κ3) is 2.90. The van der Waals surface area contributed by atoms with E-state index in [4.69, 9.17) is 0 Å². The zero-order chi connectivity index (χ0) is 17.6. The van der Waals surface area contributed by atoms with Crippen molar-refractivity contribution < 1.29 is 13.2 Å². The molecule has 1 fully saturated rings. The van der Waals surface area contributed by atoms with Gasteiger partial charge in [-0.25, -0.2) is 14.6 Å². The summed E-state index contributed by atoms with van der Waals surface area (Å²) in [4.78, 5) is 10.5. The van der Waals surface area contributed by atoms with Crippen molar-refractivity contribution >= 4 is 17.0 Å². The van der Waals surface area contributed by atoms with Crippen molar-refractivity contribution in [1.82, 2.24) is 25.0 Å². The van der Waals surface area contributed by atoms with Crippen LogP contribution >= 0.6 is 0 Å². The summed E-state index contributed by atoms with van der Waals surface area (Å²) in [5, 5.41) is 8.04. The summed E-state index contributed by atoms with van der Waals surface area (Å²) in [7, 11) is 1.76. The fraction of sp³-hybridized carbons (Fsp3) is 0.375. The number of fused-ring (bicyclic) bond motifs is 1. The molecule has 0 spiro atoms. The van der Waals surface area contributed by atoms with Crippen molar-refractivity contribution in [3.63, 3.8) is 0 Å². The molecule has 0 atom stereocenters. The van der Waals surface area contributed by atoms with Crippen LogP contribution in [0.15, 0.2) is 30.6 Å². The summed E-state index contributed by atoms with van der Waals surface area (Å²) in [6.45, 7) is 1.44. The SMILES string of the molecule is Cn1nnc2c(N3CC(Cc4cccc(C(F)(F)F)c4)C3)ncnc21. The average molecular weight is 348 g/mol. The number of aromatic nitrogens is 5. The third-order valence-electron chi connectivity index (χ3n) is 4.40. The van der Waals surface area contributed by atoms with E-state index in [-0.39, 0.29) is 5.92 Å². The first-order valence-electron chi connectivity index (χ1n) is 7.83. The Morgan fingerprint density at radius 1 is 1.20 bits per heavy atom. The third-order valence-corrected chi connectivity index (χ3v) is 4.40. The van der Waals surface area contributed by atoms with Crippen LogP contribution in [-0.2, 0) is 19.6 Å². The molecule has 0 amide bonds. The minimum absolute atomic E-state index is 0.283. The molecule has 1 aromatic carbocycles. The number of halogens is 3. The maximum atomic E-state index is 12.8. The Balaban J connectivity index is 1.46. The van der Waals surface area contributed by atoms with E-state index >= 15 is 0 Å². The van der Waals surface area contributed by atoms with Crippen LogP contribution in [0.1, 0.15) is 11.1 Å². The van der Waals surface area contributed by atoms with E-state index in [2.05, 4.69) is 25.2 Å². The molecule has 9 heteroatoms. The molecule has 25 heavy (non-hydrogen) atoms. The largest absolute Gasteiger partial charge is 0.416 e. The molecule has 3 heterocycles. The van der Waals surface area contributed by atoms with Crippen molar-refractivity contribution in [2.24, 2.45) is 13.0 Å². The Hall–Kier alpha value is -2.71. The molecule has 1 saturated heterocycles. The van der Waals surface area contributed by atoms with E-state index in [1.165, 1.54) is 18.5 Å². The van der Waals surface area contributed by atoms with Crippen LogP contribution in [0.2, 0.25) is 0 Å². The number of hydrogen-bond donors (Lipinski definition) is 0. The Morgan fingerprint density at radius 2 is 2.00 bits per heavy atom. The molecule has 4 rings (SSSR count). The van der Waals surface area contributed by atoms with Gasteiger partial charge in [-0.05, 0) is 24.0 Å². The summed E-state index contributed by atoms with van der Waals surface area (Å²) in [5.74, 6) is 1.00. The molecule has 0 saturated carbocycles. The minimum Gasteiger partial charge on any atom is -0.354 e. The average Bonchev–Trinajstić information content (AvgIpc) is 2.92. The van der Waals surface area contributed by atoms with E-state index in [1.54, 1.807) is 17.8 Å². The maximum Gasteiger partial charge on any atom is 0.416 e. The topological polar surface area (TPSA) is 59.7 Å². The Labute approximate surface area is 141 Å². The molecule has 0 N–H and O–H groups in total. The molecular weight excluding hydrogens is 333 g/mol. The van der Waals surface area contributed by atoms with E-state index in [0.717, 1.165) is 25.0 Å². The number of aryl methyl sites for hydroxylation is 1. The highest BCUT2D eigenvalue weighted by molar-refractivity contribution is 5.82. The fourth-order valence-corrected chi connectivity index (χ4v) is 3.15. The van der Waals surface area contributed by atoms with E-state index < -0.39 is 11.7 Å². The second-order valence-electron chi connectivity index (χ2n) is 6.26. The van der Waals surface area contributed by atoms with Crippen molar-refractivity contribution in [2.45, 2.75) is 12.6 Å². The highest BCUT2D eigenvalue weighted by Crippen LogP contribution is 2.32. The summed E-state index contributed by atoms with van der Waals surface area (Å²) in [6, 6.07) is 5.53. The van der Waals surface area contributed by atoms with E-state index in [1.807, 2.05) is 0 Å². The molecule has 0 aliphatic carbocycles. The second kappa shape index (κ2) is 5.68. The standard InChI is InChI=1S/C16H15F3N6/c1-24-14-13(22-23-24)15(21-9-20-14)25-7-11(8-25)5-10-3-2-4-12(6-10)16(17,18)19/h2-4,6,9,11H,5,7-8H2,1H3. The van der Waals surface area contributed by atoms with Gasteiger partial charge in [0.1, 0.15) is 6.33 Å². The number of rotatable bonds is 3.